The number of nitrogens with zero attached hydrogens (tertiary/aromatic N) is 3. The van der Waals surface area contributed by atoms with Crippen molar-refractivity contribution in [3.63, 3.8) is 0 Å². The fourth-order valence-electron chi connectivity index (χ4n) is 3.70. The van der Waals surface area contributed by atoms with Crippen molar-refractivity contribution in [2.24, 2.45) is 5.92 Å². The van der Waals surface area contributed by atoms with Gasteiger partial charge < -0.3 is 14.4 Å². The van der Waals surface area contributed by atoms with Crippen LogP contribution in [0.1, 0.15) is 36.5 Å². The van der Waals surface area contributed by atoms with Crippen LogP contribution in [-0.2, 0) is 4.74 Å². The molecule has 2 aromatic rings. The second-order valence-corrected chi connectivity index (χ2v) is 8.16. The highest BCUT2D eigenvalue weighted by molar-refractivity contribution is 5.91. The highest BCUT2D eigenvalue weighted by Gasteiger charge is 2.34. The number of nitro groups is 2. The maximum Gasteiger partial charge on any atom is 0.339 e. The molecule has 2 aromatic carbocycles. The summed E-state index contributed by atoms with van der Waals surface area (Å²) in [6.07, 6.45) is 1.13. The summed E-state index contributed by atoms with van der Waals surface area (Å²) in [5.41, 5.74) is -0.366. The summed E-state index contributed by atoms with van der Waals surface area (Å²) in [4.78, 5) is 35.4. The van der Waals surface area contributed by atoms with E-state index in [4.69, 9.17) is 9.47 Å². The lowest BCUT2D eigenvalue weighted by Crippen LogP contribution is -2.40. The van der Waals surface area contributed by atoms with Gasteiger partial charge in [-0.25, -0.2) is 4.79 Å². The van der Waals surface area contributed by atoms with Crippen molar-refractivity contribution in [1.29, 1.82) is 0 Å². The van der Waals surface area contributed by atoms with Crippen LogP contribution < -0.4 is 9.64 Å². The Balaban J connectivity index is 1.81. The van der Waals surface area contributed by atoms with Crippen molar-refractivity contribution in [1.82, 2.24) is 0 Å². The van der Waals surface area contributed by atoms with E-state index in [1.165, 1.54) is 0 Å². The molecule has 1 aliphatic carbocycles. The van der Waals surface area contributed by atoms with Gasteiger partial charge in [-0.3, -0.25) is 20.2 Å². The maximum absolute atomic E-state index is 12.8. The maximum atomic E-state index is 12.8. The van der Waals surface area contributed by atoms with Gasteiger partial charge in [0.25, 0.3) is 11.4 Å². The minimum Gasteiger partial charge on any atom is -0.486 e. The van der Waals surface area contributed by atoms with Gasteiger partial charge in [-0.2, -0.15) is 0 Å². The van der Waals surface area contributed by atoms with E-state index >= 15 is 0 Å². The van der Waals surface area contributed by atoms with E-state index in [1.54, 1.807) is 0 Å². The summed E-state index contributed by atoms with van der Waals surface area (Å²) >= 11 is 0. The third-order valence-electron chi connectivity index (χ3n) is 5.43. The van der Waals surface area contributed by atoms with Crippen LogP contribution in [0.25, 0.3) is 0 Å². The molecule has 0 heterocycles. The van der Waals surface area contributed by atoms with E-state index in [2.05, 4.69) is 0 Å². The summed E-state index contributed by atoms with van der Waals surface area (Å²) in [7, 11) is 3.84. The van der Waals surface area contributed by atoms with Crippen LogP contribution in [0.2, 0.25) is 0 Å². The van der Waals surface area contributed by atoms with Crippen LogP contribution in [-0.4, -0.2) is 42.1 Å². The third-order valence-corrected chi connectivity index (χ3v) is 5.43. The third kappa shape index (κ3) is 5.51. The molecule has 170 valence electrons. The molecule has 1 aliphatic rings. The van der Waals surface area contributed by atoms with Crippen molar-refractivity contribution in [3.8, 4) is 5.75 Å². The van der Waals surface area contributed by atoms with Crippen LogP contribution in [0.3, 0.4) is 0 Å². The van der Waals surface area contributed by atoms with E-state index in [-0.39, 0.29) is 5.56 Å². The molecule has 3 atom stereocenters. The topological polar surface area (TPSA) is 125 Å². The number of esters is 1. The van der Waals surface area contributed by atoms with Gasteiger partial charge in [0.2, 0.25) is 0 Å². The number of carbonyl (C=O) groups is 1. The first kappa shape index (κ1) is 23.0. The second kappa shape index (κ2) is 9.63. The Morgan fingerprint density at radius 2 is 1.66 bits per heavy atom. The molecule has 0 saturated heterocycles. The molecule has 3 rings (SSSR count). The molecule has 0 aliphatic heterocycles. The van der Waals surface area contributed by atoms with E-state index in [0.717, 1.165) is 30.3 Å². The number of rotatable bonds is 7. The summed E-state index contributed by atoms with van der Waals surface area (Å²) < 4.78 is 11.8. The monoisotopic (exact) mass is 443 g/mol. The van der Waals surface area contributed by atoms with Gasteiger partial charge in [-0.1, -0.05) is 13.0 Å². The highest BCUT2D eigenvalue weighted by Crippen LogP contribution is 2.32. The van der Waals surface area contributed by atoms with Gasteiger partial charge >= 0.3 is 5.97 Å². The predicted octanol–water partition coefficient (Wildman–Crippen LogP) is 4.36. The molecule has 0 N–H and O–H groups in total. The number of nitro benzene ring substituents is 2. The average molecular weight is 443 g/mol. The Bertz CT molecular complexity index is 992. The largest absolute Gasteiger partial charge is 0.486 e. The number of ether oxygens (including phenoxy) is 2. The average Bonchev–Trinajstić information content (AvgIpc) is 2.75. The van der Waals surface area contributed by atoms with Gasteiger partial charge in [0.1, 0.15) is 18.0 Å². The van der Waals surface area contributed by atoms with Gasteiger partial charge in [0.15, 0.2) is 0 Å². The van der Waals surface area contributed by atoms with Crippen LogP contribution >= 0.6 is 0 Å². The molecule has 0 unspecified atom stereocenters. The normalized spacial score (nSPS) is 20.3. The van der Waals surface area contributed by atoms with Crippen molar-refractivity contribution in [2.45, 2.75) is 38.4 Å². The van der Waals surface area contributed by atoms with Crippen molar-refractivity contribution < 1.29 is 24.1 Å². The minimum atomic E-state index is -0.855. The lowest BCUT2D eigenvalue weighted by molar-refractivity contribution is -0.394. The molecule has 0 amide bonds. The molecule has 0 spiro atoms. The van der Waals surface area contributed by atoms with Crippen molar-refractivity contribution >= 4 is 23.0 Å². The van der Waals surface area contributed by atoms with Gasteiger partial charge in [-0.05, 0) is 37.3 Å². The predicted molar refractivity (Wildman–Crippen MR) is 117 cm³/mol. The number of hydrogen-bond donors (Lipinski definition) is 0. The Hall–Kier alpha value is -3.69. The summed E-state index contributed by atoms with van der Waals surface area (Å²) in [5.74, 6) is 0.0783. The molecule has 1 saturated carbocycles. The number of carbonyl (C=O) groups excluding carboxylic acids is 1. The van der Waals surface area contributed by atoms with E-state index in [1.807, 2.05) is 50.2 Å². The fourth-order valence-corrected chi connectivity index (χ4v) is 3.70. The van der Waals surface area contributed by atoms with Crippen molar-refractivity contribution in [2.75, 3.05) is 19.0 Å². The van der Waals surface area contributed by atoms with Crippen LogP contribution in [0, 0.1) is 26.1 Å². The number of hydrogen-bond acceptors (Lipinski definition) is 8. The molecule has 10 nitrogen and oxygen atoms in total. The van der Waals surface area contributed by atoms with E-state index in [9.17, 15) is 25.0 Å². The zero-order valence-corrected chi connectivity index (χ0v) is 18.1. The van der Waals surface area contributed by atoms with Crippen LogP contribution in [0.5, 0.6) is 5.75 Å². The molecule has 10 heteroatoms. The van der Waals surface area contributed by atoms with E-state index < -0.39 is 39.4 Å². The molecular weight excluding hydrogens is 418 g/mol. The Morgan fingerprint density at radius 1 is 1.00 bits per heavy atom. The molecular formula is C22H25N3O7. The zero-order chi connectivity index (χ0) is 23.4. The Morgan fingerprint density at radius 3 is 2.25 bits per heavy atom. The summed E-state index contributed by atoms with van der Waals surface area (Å²) in [6, 6.07) is 10.3. The second-order valence-electron chi connectivity index (χ2n) is 8.16. The summed E-state index contributed by atoms with van der Waals surface area (Å²) in [6.45, 7) is 2.04. The smallest absolute Gasteiger partial charge is 0.339 e. The molecule has 0 bridgehead atoms. The Labute approximate surface area is 185 Å². The molecule has 32 heavy (non-hydrogen) atoms. The van der Waals surface area contributed by atoms with Gasteiger partial charge in [0.05, 0.1) is 21.5 Å². The first-order valence-electron chi connectivity index (χ1n) is 10.2. The van der Waals surface area contributed by atoms with Crippen LogP contribution in [0.15, 0.2) is 42.5 Å². The number of benzene rings is 2. The Kier molecular flexibility index (Phi) is 6.92. The van der Waals surface area contributed by atoms with Gasteiger partial charge in [-0.15, -0.1) is 0 Å². The van der Waals surface area contributed by atoms with Crippen LogP contribution in [0.4, 0.5) is 17.1 Å². The molecule has 1 fully saturated rings. The first-order chi connectivity index (χ1) is 15.1. The zero-order valence-electron chi connectivity index (χ0n) is 18.1. The lowest BCUT2D eigenvalue weighted by atomic mass is 9.86. The SMILES string of the molecule is C[C@@H]1CC[C@H](Oc2cccc(N(C)C)c2)[C@@H](OC(=O)c2cc([N+](=O)[O-])cc([N+](=O)[O-])c2)C1. The van der Waals surface area contributed by atoms with Crippen molar-refractivity contribution in [3.05, 3.63) is 68.3 Å². The fraction of sp³-hybridized carbons (Fsp3) is 0.409. The molecule has 0 aromatic heterocycles. The lowest BCUT2D eigenvalue weighted by Gasteiger charge is -2.34. The molecule has 0 radical (unpaired) electrons. The quantitative estimate of drug-likeness (QED) is 0.351. The minimum absolute atomic E-state index is 0.238. The highest BCUT2D eigenvalue weighted by atomic mass is 16.6. The van der Waals surface area contributed by atoms with E-state index in [0.29, 0.717) is 24.5 Å². The number of anilines is 1. The number of non-ortho nitro benzene ring substituents is 2. The standard InChI is InChI=1S/C22H25N3O7/c1-14-7-8-20(31-19-6-4-5-16(13-19)23(2)3)21(9-14)32-22(26)15-10-17(24(27)28)12-18(11-15)25(29)30/h4-6,10-14,20-21H,7-9H2,1-3H3/t14-,20+,21+/m1/s1. The summed E-state index contributed by atoms with van der Waals surface area (Å²) in [5, 5.41) is 22.2. The first-order valence-corrected chi connectivity index (χ1v) is 10.2. The van der Waals surface area contributed by atoms with Gasteiger partial charge in [0, 0.05) is 38.0 Å².